The number of aromatic nitrogens is 2. The molecule has 0 spiro atoms. The number of aromatic amines is 2. The molecule has 1 saturated heterocycles. The zero-order valence-electron chi connectivity index (χ0n) is 31.4. The van der Waals surface area contributed by atoms with Crippen molar-refractivity contribution >= 4 is 79.6 Å². The summed E-state index contributed by atoms with van der Waals surface area (Å²) in [5.74, 6) is -4.02. The fourth-order valence-electron chi connectivity index (χ4n) is 8.00. The molecule has 0 radical (unpaired) electrons. The molecule has 3 aromatic heterocycles. The number of carboxylic acid groups (broad SMARTS) is 1. The van der Waals surface area contributed by atoms with Crippen LogP contribution in [-0.2, 0) is 6.18 Å². The molecule has 59 heavy (non-hydrogen) atoms. The number of aromatic carboxylic acids is 1. The van der Waals surface area contributed by atoms with Crippen molar-refractivity contribution < 1.29 is 56.5 Å². The zero-order chi connectivity index (χ0) is 41.9. The molecule has 5 heterocycles. The van der Waals surface area contributed by atoms with Crippen LogP contribution in [0.2, 0.25) is 0 Å². The van der Waals surface area contributed by atoms with E-state index in [-0.39, 0.29) is 54.7 Å². The highest BCUT2D eigenvalue weighted by Gasteiger charge is 2.44. The molecule has 5 N–H and O–H groups in total. The lowest BCUT2D eigenvalue weighted by Gasteiger charge is -2.39. The van der Waals surface area contributed by atoms with Crippen molar-refractivity contribution in [1.29, 1.82) is 0 Å². The third kappa shape index (κ3) is 7.06. The molecule has 2 aliphatic heterocycles. The van der Waals surface area contributed by atoms with E-state index < -0.39 is 69.9 Å². The maximum Gasteiger partial charge on any atom is 0.432 e. The Morgan fingerprint density at radius 1 is 1.02 bits per heavy atom. The maximum atomic E-state index is 14.5. The number of carbonyl (C=O) groups is 4. The third-order valence-electron chi connectivity index (χ3n) is 10.7. The molecule has 1 unspecified atom stereocenters. The number of H-pyrrole nitrogens is 2. The van der Waals surface area contributed by atoms with Crippen LogP contribution in [0, 0.1) is 0 Å². The van der Waals surface area contributed by atoms with E-state index in [1.54, 1.807) is 42.5 Å². The van der Waals surface area contributed by atoms with Crippen LogP contribution in [0.4, 0.5) is 29.3 Å². The Labute approximate surface area is 337 Å². The first-order valence-electron chi connectivity index (χ1n) is 18.4. The van der Waals surface area contributed by atoms with Gasteiger partial charge in [-0.15, -0.1) is 11.6 Å². The average molecular weight is 837 g/mol. The molecule has 2 aliphatic rings. The van der Waals surface area contributed by atoms with E-state index >= 15 is 0 Å². The number of hydrogen-bond acceptors (Lipinski definition) is 9. The zero-order valence-corrected chi connectivity index (χ0v) is 32.2. The molecular formula is C40H36ClF3N6O9. The number of furan rings is 1. The summed E-state index contributed by atoms with van der Waals surface area (Å²) in [7, 11) is 3.33. The molecule has 1 fully saturated rings. The van der Waals surface area contributed by atoms with Gasteiger partial charge in [-0.2, -0.15) is 13.2 Å². The Hall–Kier alpha value is -6.24. The number of nitrogens with zero attached hydrogens (tertiary/aromatic N) is 3. The van der Waals surface area contributed by atoms with E-state index in [4.69, 9.17) is 25.5 Å². The number of methoxy groups -OCH3 is 1. The van der Waals surface area contributed by atoms with Crippen LogP contribution in [-0.4, -0.2) is 113 Å². The highest BCUT2D eigenvalue weighted by Crippen LogP contribution is 2.50. The van der Waals surface area contributed by atoms with Crippen LogP contribution in [0.15, 0.2) is 59.0 Å². The molecule has 2 atom stereocenters. The topological polar surface area (TPSA) is 194 Å². The van der Waals surface area contributed by atoms with Crippen LogP contribution in [0.1, 0.15) is 55.0 Å². The summed E-state index contributed by atoms with van der Waals surface area (Å²) in [5.41, 5.74) is -1.65. The van der Waals surface area contributed by atoms with E-state index in [9.17, 15) is 42.6 Å². The van der Waals surface area contributed by atoms with Crippen LogP contribution in [0.5, 0.6) is 11.5 Å². The quantitative estimate of drug-likeness (QED) is 0.0962. The highest BCUT2D eigenvalue weighted by molar-refractivity contribution is 6.20. The predicted molar refractivity (Wildman–Crippen MR) is 210 cm³/mol. The number of benzene rings is 3. The molecule has 3 aromatic carbocycles. The minimum Gasteiger partial charge on any atom is -0.493 e. The van der Waals surface area contributed by atoms with Gasteiger partial charge in [0, 0.05) is 84.1 Å². The Kier molecular flexibility index (Phi) is 10.2. The fraction of sp³-hybridized carbons (Fsp3) is 0.300. The number of piperazine rings is 1. The van der Waals surface area contributed by atoms with Gasteiger partial charge in [-0.05, 0) is 55.4 Å². The first-order chi connectivity index (χ1) is 28.2. The summed E-state index contributed by atoms with van der Waals surface area (Å²) in [6, 6.07) is 14.0. The van der Waals surface area contributed by atoms with E-state index in [1.807, 2.05) is 11.9 Å². The van der Waals surface area contributed by atoms with Crippen molar-refractivity contribution in [3.05, 3.63) is 82.9 Å². The van der Waals surface area contributed by atoms with Crippen LogP contribution in [0.25, 0.3) is 32.8 Å². The maximum absolute atomic E-state index is 14.5. The Morgan fingerprint density at radius 3 is 2.53 bits per heavy atom. The smallest absolute Gasteiger partial charge is 0.432 e. The van der Waals surface area contributed by atoms with E-state index in [0.29, 0.717) is 46.4 Å². The predicted octanol–water partition coefficient (Wildman–Crippen LogP) is 6.85. The van der Waals surface area contributed by atoms with Gasteiger partial charge in [0.05, 0.1) is 23.9 Å². The number of halogens is 4. The number of alkyl halides is 4. The number of fused-ring (bicyclic) bond motifs is 5. The normalized spacial score (nSPS) is 17.2. The van der Waals surface area contributed by atoms with Crippen LogP contribution < -0.4 is 19.7 Å². The Balaban J connectivity index is 1.16. The summed E-state index contributed by atoms with van der Waals surface area (Å²) < 4.78 is 60.2. The number of para-hydroxylation sites is 1. The van der Waals surface area contributed by atoms with Crippen molar-refractivity contribution in [1.82, 2.24) is 19.8 Å². The van der Waals surface area contributed by atoms with Gasteiger partial charge in [0.1, 0.15) is 11.4 Å². The second kappa shape index (κ2) is 15.2. The van der Waals surface area contributed by atoms with Crippen molar-refractivity contribution in [2.75, 3.05) is 63.0 Å². The number of amides is 3. The SMILES string of the molecule is COc1cccc2cc(C(=O)Nc3ccc4[nH]c(C(=O)N5C[C@@H](CCl)c6c5cc(OC(=O)N5CCN(C)CC5CCO)c5[nH]c(C(F)(F)F)c(C(=O)O)c65)cc4c3)oc12. The first kappa shape index (κ1) is 39.6. The molecule has 19 heteroatoms. The molecule has 3 amide bonds. The number of carbonyl (C=O) groups excluding carboxylic acids is 3. The van der Waals surface area contributed by atoms with Gasteiger partial charge in [0.15, 0.2) is 22.8 Å². The standard InChI is InChI=1S/C40H36ClF3N6O9/c1-48-9-10-49(23(18-48)8-11-51)39(56)59-28-15-26-30(31-32(38(54)55)35(40(42,43)44)47-33(28)31)21(16-41)17-50(26)37(53)25-13-20-12-22(6-7-24(20)46-25)45-36(52)29-14-19-4-3-5-27(57-2)34(19)58-29/h3-7,12-15,21,23,46-47,51H,8-11,16-18H2,1-2H3,(H,45,52)(H,54,55)/t21-,23?/m1/s1. The summed E-state index contributed by atoms with van der Waals surface area (Å²) in [6.07, 6.45) is -5.88. The number of ether oxygens (including phenoxy) is 2. The van der Waals surface area contributed by atoms with Gasteiger partial charge in [-0.3, -0.25) is 9.59 Å². The summed E-state index contributed by atoms with van der Waals surface area (Å²) >= 11 is 6.38. The van der Waals surface area contributed by atoms with Crippen LogP contribution in [0.3, 0.4) is 0 Å². The first-order valence-corrected chi connectivity index (χ1v) is 18.9. The summed E-state index contributed by atoms with van der Waals surface area (Å²) in [6.45, 7) is 0.653. The van der Waals surface area contributed by atoms with Crippen molar-refractivity contribution in [2.24, 2.45) is 0 Å². The summed E-state index contributed by atoms with van der Waals surface area (Å²) in [5, 5.41) is 23.5. The second-order valence-corrected chi connectivity index (χ2v) is 14.7. The number of nitrogens with one attached hydrogen (secondary N) is 3. The lowest BCUT2D eigenvalue weighted by Crippen LogP contribution is -2.55. The van der Waals surface area contributed by atoms with Crippen molar-refractivity contribution in [3.63, 3.8) is 0 Å². The van der Waals surface area contributed by atoms with Gasteiger partial charge in [-0.1, -0.05) is 12.1 Å². The Bertz CT molecular complexity index is 2670. The lowest BCUT2D eigenvalue weighted by atomic mass is 9.95. The highest BCUT2D eigenvalue weighted by atomic mass is 35.5. The van der Waals surface area contributed by atoms with E-state index in [1.165, 1.54) is 29.0 Å². The van der Waals surface area contributed by atoms with Crippen LogP contribution >= 0.6 is 11.6 Å². The number of anilines is 2. The van der Waals surface area contributed by atoms with Gasteiger partial charge >= 0.3 is 18.2 Å². The molecule has 0 bridgehead atoms. The number of hydrogen-bond donors (Lipinski definition) is 5. The van der Waals surface area contributed by atoms with E-state index in [2.05, 4.69) is 15.3 Å². The monoisotopic (exact) mass is 836 g/mol. The summed E-state index contributed by atoms with van der Waals surface area (Å²) in [4.78, 5) is 63.7. The molecule has 8 rings (SSSR count). The molecule has 0 saturated carbocycles. The minimum absolute atomic E-state index is 0.00512. The second-order valence-electron chi connectivity index (χ2n) is 14.4. The van der Waals surface area contributed by atoms with Gasteiger partial charge < -0.3 is 54.1 Å². The largest absolute Gasteiger partial charge is 0.493 e. The number of likely N-dealkylation sites (N-methyl/N-ethyl adjacent to an activating group) is 1. The van der Waals surface area contributed by atoms with Gasteiger partial charge in [0.25, 0.3) is 11.8 Å². The van der Waals surface area contributed by atoms with Crippen molar-refractivity contribution in [3.8, 4) is 11.5 Å². The molecule has 6 aromatic rings. The van der Waals surface area contributed by atoms with E-state index in [0.717, 1.165) is 0 Å². The molecule has 0 aliphatic carbocycles. The minimum atomic E-state index is -5.16. The average Bonchev–Trinajstić information content (AvgIpc) is 3.99. The lowest BCUT2D eigenvalue weighted by molar-refractivity contribution is -0.141. The molecule has 308 valence electrons. The third-order valence-corrected chi connectivity index (χ3v) is 11.1. The van der Waals surface area contributed by atoms with Crippen molar-refractivity contribution in [2.45, 2.75) is 24.6 Å². The molecule has 15 nitrogen and oxygen atoms in total. The fourth-order valence-corrected chi connectivity index (χ4v) is 8.25. The number of rotatable bonds is 9. The Morgan fingerprint density at radius 2 is 1.81 bits per heavy atom. The van der Waals surface area contributed by atoms with Gasteiger partial charge in [0.2, 0.25) is 0 Å². The molecular weight excluding hydrogens is 801 g/mol. The number of carboxylic acids is 1. The number of aliphatic hydroxyl groups excluding tert-OH is 1. The number of aliphatic hydroxyl groups is 1. The van der Waals surface area contributed by atoms with Gasteiger partial charge in [-0.25, -0.2) is 9.59 Å².